The number of aromatic nitrogens is 1. The third-order valence-electron chi connectivity index (χ3n) is 7.59. The second-order valence-corrected chi connectivity index (χ2v) is 10.5. The second-order valence-electron chi connectivity index (χ2n) is 10.5. The third kappa shape index (κ3) is 5.45. The van der Waals surface area contributed by atoms with Gasteiger partial charge < -0.3 is 20.3 Å². The van der Waals surface area contributed by atoms with Crippen molar-refractivity contribution >= 4 is 34.2 Å². The first-order valence-electron chi connectivity index (χ1n) is 13.4. The maximum absolute atomic E-state index is 14.0. The zero-order valence-corrected chi connectivity index (χ0v) is 22.3. The first kappa shape index (κ1) is 27.1. The van der Waals surface area contributed by atoms with Crippen LogP contribution in [0.5, 0.6) is 0 Å². The number of carboxylic acids is 1. The molecular formula is C33H26F3N3O3. The van der Waals surface area contributed by atoms with Crippen LogP contribution in [0, 0.1) is 0 Å². The molecule has 4 aromatic carbocycles. The van der Waals surface area contributed by atoms with Crippen molar-refractivity contribution in [2.45, 2.75) is 31.1 Å². The quantitative estimate of drug-likeness (QED) is 0.180. The van der Waals surface area contributed by atoms with Gasteiger partial charge in [-0.2, -0.15) is 13.2 Å². The minimum Gasteiger partial charge on any atom is -0.478 e. The lowest BCUT2D eigenvalue weighted by Crippen LogP contribution is -2.35. The van der Waals surface area contributed by atoms with Gasteiger partial charge in [0, 0.05) is 29.5 Å². The number of benzene rings is 4. The summed E-state index contributed by atoms with van der Waals surface area (Å²) >= 11 is 0. The van der Waals surface area contributed by atoms with Crippen LogP contribution >= 0.6 is 0 Å². The molecular weight excluding hydrogens is 543 g/mol. The molecule has 1 aromatic heterocycles. The van der Waals surface area contributed by atoms with Crippen LogP contribution in [0.1, 0.15) is 50.2 Å². The van der Waals surface area contributed by atoms with Gasteiger partial charge in [0.2, 0.25) is 0 Å². The van der Waals surface area contributed by atoms with E-state index in [9.17, 15) is 27.9 Å². The molecule has 0 bridgehead atoms. The molecule has 5 aromatic rings. The summed E-state index contributed by atoms with van der Waals surface area (Å²) in [5.41, 5.74) is 2.97. The number of anilines is 2. The molecule has 9 heteroatoms. The molecule has 0 radical (unpaired) electrons. The molecule has 6 nitrogen and oxygen atoms in total. The molecule has 3 N–H and O–H groups in total. The molecule has 0 spiro atoms. The molecule has 1 heterocycles. The summed E-state index contributed by atoms with van der Waals surface area (Å²) in [4.78, 5) is 25.3. The van der Waals surface area contributed by atoms with E-state index in [1.165, 1.54) is 24.3 Å². The van der Waals surface area contributed by atoms with Gasteiger partial charge in [0.25, 0.3) is 5.91 Å². The Morgan fingerprint density at radius 1 is 0.857 bits per heavy atom. The van der Waals surface area contributed by atoms with Gasteiger partial charge in [-0.05, 0) is 78.6 Å². The van der Waals surface area contributed by atoms with E-state index in [4.69, 9.17) is 0 Å². The summed E-state index contributed by atoms with van der Waals surface area (Å²) in [5.74, 6) is -1.32. The van der Waals surface area contributed by atoms with Gasteiger partial charge in [0.1, 0.15) is 0 Å². The van der Waals surface area contributed by atoms with E-state index in [2.05, 4.69) is 10.6 Å². The Kier molecular flexibility index (Phi) is 6.73. The van der Waals surface area contributed by atoms with E-state index in [0.29, 0.717) is 35.2 Å². The van der Waals surface area contributed by atoms with Gasteiger partial charge in [-0.1, -0.05) is 42.5 Å². The summed E-state index contributed by atoms with van der Waals surface area (Å²) < 4.78 is 41.1. The Morgan fingerprint density at radius 2 is 1.55 bits per heavy atom. The van der Waals surface area contributed by atoms with E-state index in [-0.39, 0.29) is 18.0 Å². The van der Waals surface area contributed by atoms with Crippen molar-refractivity contribution in [3.05, 3.63) is 131 Å². The summed E-state index contributed by atoms with van der Waals surface area (Å²) in [6.07, 6.45) is -1.17. The Hall–Kier alpha value is -5.05. The van der Waals surface area contributed by atoms with Gasteiger partial charge in [0.15, 0.2) is 0 Å². The topological polar surface area (TPSA) is 83.4 Å². The second kappa shape index (κ2) is 10.4. The smallest absolute Gasteiger partial charge is 0.416 e. The van der Waals surface area contributed by atoms with Crippen molar-refractivity contribution in [3.8, 4) is 0 Å². The predicted molar refractivity (Wildman–Crippen MR) is 154 cm³/mol. The lowest BCUT2D eigenvalue weighted by molar-refractivity contribution is -0.137. The van der Waals surface area contributed by atoms with Crippen molar-refractivity contribution in [1.29, 1.82) is 0 Å². The number of amides is 1. The minimum absolute atomic E-state index is 0.170. The van der Waals surface area contributed by atoms with Crippen LogP contribution in [-0.4, -0.2) is 21.6 Å². The van der Waals surface area contributed by atoms with Gasteiger partial charge >= 0.3 is 12.1 Å². The number of hydrogen-bond donors (Lipinski definition) is 3. The number of alkyl halides is 3. The van der Waals surface area contributed by atoms with Crippen molar-refractivity contribution < 1.29 is 27.9 Å². The predicted octanol–water partition coefficient (Wildman–Crippen LogP) is 7.57. The number of rotatable bonds is 8. The van der Waals surface area contributed by atoms with Gasteiger partial charge in [-0.3, -0.25) is 4.79 Å². The fourth-order valence-electron chi connectivity index (χ4n) is 5.24. The van der Waals surface area contributed by atoms with Crippen LogP contribution in [0.15, 0.2) is 103 Å². The van der Waals surface area contributed by atoms with Gasteiger partial charge in [-0.15, -0.1) is 0 Å². The molecule has 1 fully saturated rings. The molecule has 0 unspecified atom stereocenters. The zero-order chi connectivity index (χ0) is 29.5. The lowest BCUT2D eigenvalue weighted by Gasteiger charge is -2.20. The summed E-state index contributed by atoms with van der Waals surface area (Å²) in [7, 11) is 0. The highest BCUT2D eigenvalue weighted by Gasteiger charge is 2.46. The van der Waals surface area contributed by atoms with Crippen LogP contribution in [0.4, 0.5) is 24.5 Å². The summed E-state index contributed by atoms with van der Waals surface area (Å²) in [5, 5.41) is 16.6. The first-order valence-corrected chi connectivity index (χ1v) is 13.4. The maximum atomic E-state index is 14.0. The number of carbonyl (C=O) groups excluding carboxylic acids is 1. The van der Waals surface area contributed by atoms with Crippen LogP contribution in [-0.2, 0) is 18.3 Å². The molecule has 42 heavy (non-hydrogen) atoms. The molecule has 1 aliphatic rings. The number of nitrogens with zero attached hydrogens (tertiary/aromatic N) is 1. The standard InChI is InChI=1S/C33H26F3N3O3/c34-33(35,36)25-10-6-21(7-11-25)20-39-17-14-23-18-27(37-26-4-2-1-3-5-26)19-28(29(23)39)30(40)38-32(15-16-32)24-12-8-22(9-13-24)31(41)42/h1-14,17-19,37H,15-16,20H2,(H,38,40)(H,41,42). The van der Waals surface area contributed by atoms with Crippen molar-refractivity contribution in [2.24, 2.45) is 0 Å². The normalized spacial score (nSPS) is 14.0. The zero-order valence-electron chi connectivity index (χ0n) is 22.3. The number of carboxylic acid groups (broad SMARTS) is 1. The van der Waals surface area contributed by atoms with Crippen LogP contribution < -0.4 is 10.6 Å². The monoisotopic (exact) mass is 569 g/mol. The fraction of sp³-hybridized carbons (Fsp3) is 0.152. The number of halogens is 3. The minimum atomic E-state index is -4.42. The van der Waals surface area contributed by atoms with Crippen molar-refractivity contribution in [3.63, 3.8) is 0 Å². The molecule has 0 saturated heterocycles. The Labute approximate surface area is 239 Å². The molecule has 0 atom stereocenters. The van der Waals surface area contributed by atoms with E-state index in [1.807, 2.05) is 53.2 Å². The van der Waals surface area contributed by atoms with E-state index in [0.717, 1.165) is 28.8 Å². The molecule has 6 rings (SSSR count). The molecule has 1 saturated carbocycles. The molecule has 212 valence electrons. The Morgan fingerprint density at radius 3 is 2.17 bits per heavy atom. The molecule has 0 aliphatic heterocycles. The summed E-state index contributed by atoms with van der Waals surface area (Å²) in [6, 6.07) is 26.7. The lowest BCUT2D eigenvalue weighted by atomic mass is 10.0. The average Bonchev–Trinajstić information content (AvgIpc) is 3.65. The number of hydrogen-bond acceptors (Lipinski definition) is 3. The van der Waals surface area contributed by atoms with E-state index >= 15 is 0 Å². The van der Waals surface area contributed by atoms with Crippen molar-refractivity contribution in [2.75, 3.05) is 5.32 Å². The Balaban J connectivity index is 1.36. The number of aromatic carboxylic acids is 1. The Bertz CT molecular complexity index is 1770. The van der Waals surface area contributed by atoms with E-state index < -0.39 is 23.2 Å². The van der Waals surface area contributed by atoms with Crippen LogP contribution in [0.2, 0.25) is 0 Å². The SMILES string of the molecule is O=C(O)c1ccc(C2(NC(=O)c3cc(Nc4ccccc4)cc4ccn(Cc5ccc(C(F)(F)F)cc5)c34)CC2)cc1. The highest BCUT2D eigenvalue weighted by molar-refractivity contribution is 6.08. The summed E-state index contributed by atoms with van der Waals surface area (Å²) in [6.45, 7) is 0.273. The molecule has 1 aliphatic carbocycles. The highest BCUT2D eigenvalue weighted by Crippen LogP contribution is 2.46. The average molecular weight is 570 g/mol. The largest absolute Gasteiger partial charge is 0.478 e. The number of fused-ring (bicyclic) bond motifs is 1. The number of para-hydroxylation sites is 1. The third-order valence-corrected chi connectivity index (χ3v) is 7.59. The first-order chi connectivity index (χ1) is 20.1. The van der Waals surface area contributed by atoms with Gasteiger partial charge in [-0.25, -0.2) is 4.79 Å². The maximum Gasteiger partial charge on any atom is 0.416 e. The number of carbonyl (C=O) groups is 2. The van der Waals surface area contributed by atoms with Gasteiger partial charge in [0.05, 0.1) is 27.7 Å². The van der Waals surface area contributed by atoms with Crippen LogP contribution in [0.25, 0.3) is 10.9 Å². The van der Waals surface area contributed by atoms with Crippen LogP contribution in [0.3, 0.4) is 0 Å². The van der Waals surface area contributed by atoms with Crippen molar-refractivity contribution in [1.82, 2.24) is 9.88 Å². The molecule has 1 amide bonds. The van der Waals surface area contributed by atoms with E-state index in [1.54, 1.807) is 18.2 Å². The highest BCUT2D eigenvalue weighted by atomic mass is 19.4. The fourth-order valence-corrected chi connectivity index (χ4v) is 5.24. The number of nitrogens with one attached hydrogen (secondary N) is 2.